The molecule has 1 heterocycles. The molecular weight excluding hydrogens is 302 g/mol. The van der Waals surface area contributed by atoms with E-state index in [-0.39, 0.29) is 11.5 Å². The number of benzene rings is 1. The molecule has 22 heavy (non-hydrogen) atoms. The number of rotatable bonds is 5. The van der Waals surface area contributed by atoms with Gasteiger partial charge in [-0.3, -0.25) is 4.79 Å². The molecule has 0 aliphatic rings. The van der Waals surface area contributed by atoms with Crippen molar-refractivity contribution in [2.24, 2.45) is 0 Å². The van der Waals surface area contributed by atoms with Gasteiger partial charge in [-0.2, -0.15) is 0 Å². The molecule has 0 aliphatic heterocycles. The number of aromatic carboxylic acids is 1. The number of aryl methyl sites for hydroxylation is 2. The largest absolute Gasteiger partial charge is 0.495 e. The second kappa shape index (κ2) is 6.62. The summed E-state index contributed by atoms with van der Waals surface area (Å²) >= 11 is 1.46. The maximum atomic E-state index is 12.3. The van der Waals surface area contributed by atoms with Crippen LogP contribution >= 0.6 is 11.3 Å². The van der Waals surface area contributed by atoms with Gasteiger partial charge in [-0.25, -0.2) is 4.79 Å². The third-order valence-electron chi connectivity index (χ3n) is 3.26. The average Bonchev–Trinajstić information content (AvgIpc) is 2.88. The van der Waals surface area contributed by atoms with Gasteiger partial charge in [0.05, 0.1) is 23.2 Å². The molecule has 0 fully saturated rings. The number of nitrogens with one attached hydrogen (secondary N) is 1. The highest BCUT2D eigenvalue weighted by Crippen LogP contribution is 2.28. The molecule has 116 valence electrons. The zero-order valence-corrected chi connectivity index (χ0v) is 13.4. The van der Waals surface area contributed by atoms with E-state index in [9.17, 15) is 9.59 Å². The SMILES string of the molecule is CCc1sc(C(=O)Nc2ccc(C(=O)O)cc2OC)cc1C. The Kier molecular flexibility index (Phi) is 4.82. The van der Waals surface area contributed by atoms with Gasteiger partial charge in [0.15, 0.2) is 0 Å². The Labute approximate surface area is 132 Å². The highest BCUT2D eigenvalue weighted by atomic mass is 32.1. The monoisotopic (exact) mass is 319 g/mol. The second-order valence-corrected chi connectivity index (χ2v) is 5.88. The van der Waals surface area contributed by atoms with Crippen LogP contribution in [0.1, 0.15) is 37.4 Å². The van der Waals surface area contributed by atoms with Gasteiger partial charge in [0.25, 0.3) is 5.91 Å². The number of amides is 1. The number of carboxylic acids is 1. The van der Waals surface area contributed by atoms with Crippen LogP contribution in [0.2, 0.25) is 0 Å². The Hall–Kier alpha value is -2.34. The third kappa shape index (κ3) is 3.28. The first-order valence-corrected chi connectivity index (χ1v) is 7.60. The fraction of sp³-hybridized carbons (Fsp3) is 0.250. The molecule has 2 rings (SSSR count). The molecule has 0 radical (unpaired) electrons. The standard InChI is InChI=1S/C16H17NO4S/c1-4-13-9(2)7-14(22-13)15(18)17-11-6-5-10(16(19)20)8-12(11)21-3/h5-8H,4H2,1-3H3,(H,17,18)(H,19,20). The van der Waals surface area contributed by atoms with Gasteiger partial charge in [-0.15, -0.1) is 11.3 Å². The summed E-state index contributed by atoms with van der Waals surface area (Å²) in [7, 11) is 1.43. The number of carbonyl (C=O) groups excluding carboxylic acids is 1. The van der Waals surface area contributed by atoms with Crippen LogP contribution in [0.3, 0.4) is 0 Å². The predicted octanol–water partition coefficient (Wildman–Crippen LogP) is 3.58. The Morgan fingerprint density at radius 3 is 2.59 bits per heavy atom. The van der Waals surface area contributed by atoms with Crippen LogP contribution in [0.15, 0.2) is 24.3 Å². The molecule has 1 aromatic heterocycles. The summed E-state index contributed by atoms with van der Waals surface area (Å²) in [6, 6.07) is 6.20. The number of ether oxygens (including phenoxy) is 1. The molecule has 0 saturated carbocycles. The number of thiophene rings is 1. The van der Waals surface area contributed by atoms with Crippen LogP contribution in [-0.2, 0) is 6.42 Å². The van der Waals surface area contributed by atoms with Crippen LogP contribution in [0, 0.1) is 6.92 Å². The van der Waals surface area contributed by atoms with E-state index < -0.39 is 5.97 Å². The van der Waals surface area contributed by atoms with Crippen molar-refractivity contribution in [3.8, 4) is 5.75 Å². The minimum atomic E-state index is -1.04. The first-order valence-electron chi connectivity index (χ1n) is 6.78. The minimum Gasteiger partial charge on any atom is -0.495 e. The smallest absolute Gasteiger partial charge is 0.335 e. The van der Waals surface area contributed by atoms with Gasteiger partial charge >= 0.3 is 5.97 Å². The number of hydrogen-bond donors (Lipinski definition) is 2. The first-order chi connectivity index (χ1) is 10.5. The van der Waals surface area contributed by atoms with Gasteiger partial charge in [0.1, 0.15) is 5.75 Å². The molecule has 0 atom stereocenters. The summed E-state index contributed by atoms with van der Waals surface area (Å²) in [6.45, 7) is 4.03. The number of methoxy groups -OCH3 is 1. The zero-order valence-electron chi connectivity index (χ0n) is 12.6. The van der Waals surface area contributed by atoms with Crippen LogP contribution in [-0.4, -0.2) is 24.1 Å². The summed E-state index contributed by atoms with van der Waals surface area (Å²) in [4.78, 5) is 25.1. The Bertz CT molecular complexity index is 721. The van der Waals surface area contributed by atoms with Crippen molar-refractivity contribution >= 4 is 28.9 Å². The summed E-state index contributed by atoms with van der Waals surface area (Å²) in [5.41, 5.74) is 1.66. The van der Waals surface area contributed by atoms with E-state index >= 15 is 0 Å². The van der Waals surface area contributed by atoms with E-state index in [1.807, 2.05) is 19.9 Å². The Morgan fingerprint density at radius 2 is 2.05 bits per heavy atom. The maximum absolute atomic E-state index is 12.3. The first kappa shape index (κ1) is 16.0. The topological polar surface area (TPSA) is 75.6 Å². The normalized spacial score (nSPS) is 10.3. The van der Waals surface area contributed by atoms with Crippen molar-refractivity contribution in [3.05, 3.63) is 45.1 Å². The highest BCUT2D eigenvalue weighted by molar-refractivity contribution is 7.14. The molecule has 1 aromatic carbocycles. The van der Waals surface area contributed by atoms with E-state index in [1.165, 1.54) is 41.5 Å². The molecule has 0 unspecified atom stereocenters. The van der Waals surface area contributed by atoms with Crippen molar-refractivity contribution in [1.29, 1.82) is 0 Å². The maximum Gasteiger partial charge on any atom is 0.335 e. The van der Waals surface area contributed by atoms with Gasteiger partial charge < -0.3 is 15.2 Å². The lowest BCUT2D eigenvalue weighted by atomic mass is 10.2. The van der Waals surface area contributed by atoms with Crippen LogP contribution < -0.4 is 10.1 Å². The number of carboxylic acid groups (broad SMARTS) is 1. The predicted molar refractivity (Wildman–Crippen MR) is 86.3 cm³/mol. The second-order valence-electron chi connectivity index (χ2n) is 4.74. The van der Waals surface area contributed by atoms with E-state index in [1.54, 1.807) is 0 Å². The lowest BCUT2D eigenvalue weighted by Crippen LogP contribution is -2.11. The lowest BCUT2D eigenvalue weighted by molar-refractivity contribution is 0.0696. The summed E-state index contributed by atoms with van der Waals surface area (Å²) in [5, 5.41) is 11.7. The fourth-order valence-electron chi connectivity index (χ4n) is 2.09. The molecule has 6 heteroatoms. The summed E-state index contributed by atoms with van der Waals surface area (Å²) in [6.07, 6.45) is 0.889. The Balaban J connectivity index is 2.25. The van der Waals surface area contributed by atoms with E-state index in [4.69, 9.17) is 9.84 Å². The van der Waals surface area contributed by atoms with E-state index in [0.29, 0.717) is 16.3 Å². The molecule has 0 aliphatic carbocycles. The molecule has 0 saturated heterocycles. The highest BCUT2D eigenvalue weighted by Gasteiger charge is 2.15. The van der Waals surface area contributed by atoms with Crippen molar-refractivity contribution in [3.63, 3.8) is 0 Å². The van der Waals surface area contributed by atoms with Crippen LogP contribution in [0.5, 0.6) is 5.75 Å². The van der Waals surface area contributed by atoms with Crippen LogP contribution in [0.4, 0.5) is 5.69 Å². The van der Waals surface area contributed by atoms with Gasteiger partial charge in [-0.1, -0.05) is 6.92 Å². The van der Waals surface area contributed by atoms with Gasteiger partial charge in [0.2, 0.25) is 0 Å². The molecule has 1 amide bonds. The zero-order chi connectivity index (χ0) is 16.3. The molecule has 0 spiro atoms. The van der Waals surface area contributed by atoms with Crippen molar-refractivity contribution in [1.82, 2.24) is 0 Å². The van der Waals surface area contributed by atoms with Crippen molar-refractivity contribution < 1.29 is 19.4 Å². The third-order valence-corrected chi connectivity index (χ3v) is 4.64. The number of hydrogen-bond acceptors (Lipinski definition) is 4. The van der Waals surface area contributed by atoms with Gasteiger partial charge in [-0.05, 0) is 43.2 Å². The average molecular weight is 319 g/mol. The molecular formula is C16H17NO4S. The fourth-order valence-corrected chi connectivity index (χ4v) is 3.10. The molecule has 2 N–H and O–H groups in total. The van der Waals surface area contributed by atoms with E-state index in [0.717, 1.165) is 12.0 Å². The van der Waals surface area contributed by atoms with E-state index in [2.05, 4.69) is 5.32 Å². The number of anilines is 1. The molecule has 5 nitrogen and oxygen atoms in total. The molecule has 0 bridgehead atoms. The molecule has 2 aromatic rings. The summed E-state index contributed by atoms with van der Waals surface area (Å²) < 4.78 is 5.15. The number of carbonyl (C=O) groups is 2. The minimum absolute atomic E-state index is 0.107. The Morgan fingerprint density at radius 1 is 1.32 bits per heavy atom. The lowest BCUT2D eigenvalue weighted by Gasteiger charge is -2.10. The summed E-state index contributed by atoms with van der Waals surface area (Å²) in [5.74, 6) is -0.955. The quantitative estimate of drug-likeness (QED) is 0.883. The van der Waals surface area contributed by atoms with Crippen molar-refractivity contribution in [2.75, 3.05) is 12.4 Å². The van der Waals surface area contributed by atoms with Crippen molar-refractivity contribution in [2.45, 2.75) is 20.3 Å². The van der Waals surface area contributed by atoms with Gasteiger partial charge in [0, 0.05) is 4.88 Å². The van der Waals surface area contributed by atoms with Crippen LogP contribution in [0.25, 0.3) is 0 Å².